The molecule has 1 amide bonds. The molecule has 17 heavy (non-hydrogen) atoms. The summed E-state index contributed by atoms with van der Waals surface area (Å²) in [5.41, 5.74) is 0.368. The second-order valence-corrected chi connectivity index (χ2v) is 4.01. The van der Waals surface area contributed by atoms with Gasteiger partial charge in [-0.25, -0.2) is 4.98 Å². The molecule has 0 saturated carbocycles. The summed E-state index contributed by atoms with van der Waals surface area (Å²) in [6.45, 7) is 0.437. The zero-order chi connectivity index (χ0) is 12.1. The van der Waals surface area contributed by atoms with Crippen molar-refractivity contribution in [2.45, 2.75) is 6.42 Å². The van der Waals surface area contributed by atoms with Gasteiger partial charge in [-0.2, -0.15) is 4.98 Å². The van der Waals surface area contributed by atoms with Crippen LogP contribution < -0.4 is 5.32 Å². The molecule has 0 bridgehead atoms. The first-order valence-corrected chi connectivity index (χ1v) is 5.71. The van der Waals surface area contributed by atoms with E-state index < -0.39 is 0 Å². The Hall–Kier alpha value is -1.76. The van der Waals surface area contributed by atoms with Gasteiger partial charge in [0.25, 0.3) is 5.91 Å². The van der Waals surface area contributed by atoms with Gasteiger partial charge in [0, 0.05) is 13.0 Å². The summed E-state index contributed by atoms with van der Waals surface area (Å²) >= 11 is 3.21. The first kappa shape index (κ1) is 11.7. The summed E-state index contributed by atoms with van der Waals surface area (Å²) in [5, 5.41) is 6.36. The molecule has 7 heteroatoms. The maximum absolute atomic E-state index is 11.7. The molecule has 0 atom stereocenters. The Bertz CT molecular complexity index is 501. The third-order valence-electron chi connectivity index (χ3n) is 1.99. The van der Waals surface area contributed by atoms with E-state index >= 15 is 0 Å². The van der Waals surface area contributed by atoms with Crippen LogP contribution in [0.1, 0.15) is 16.3 Å². The van der Waals surface area contributed by atoms with Gasteiger partial charge in [-0.3, -0.25) is 4.79 Å². The summed E-state index contributed by atoms with van der Waals surface area (Å²) in [7, 11) is 0. The van der Waals surface area contributed by atoms with E-state index in [1.807, 2.05) is 0 Å². The zero-order valence-corrected chi connectivity index (χ0v) is 10.3. The lowest BCUT2D eigenvalue weighted by Gasteiger charge is -2.02. The molecule has 0 aliphatic carbocycles. The summed E-state index contributed by atoms with van der Waals surface area (Å²) in [6.07, 6.45) is 1.78. The quantitative estimate of drug-likeness (QED) is 0.858. The van der Waals surface area contributed by atoms with Gasteiger partial charge in [0.05, 0.1) is 0 Å². The Morgan fingerprint density at radius 1 is 1.47 bits per heavy atom. The highest BCUT2D eigenvalue weighted by molar-refractivity contribution is 9.10. The predicted octanol–water partition coefficient (Wildman–Crippen LogP) is 1.20. The van der Waals surface area contributed by atoms with E-state index in [0.29, 0.717) is 29.1 Å². The van der Waals surface area contributed by atoms with Crippen molar-refractivity contribution in [3.8, 4) is 0 Å². The molecule has 0 radical (unpaired) electrons. The monoisotopic (exact) mass is 296 g/mol. The van der Waals surface area contributed by atoms with Gasteiger partial charge >= 0.3 is 0 Å². The second kappa shape index (κ2) is 5.53. The molecule has 2 heterocycles. The van der Waals surface area contributed by atoms with Crippen molar-refractivity contribution in [3.05, 3.63) is 40.7 Å². The van der Waals surface area contributed by atoms with Crippen molar-refractivity contribution < 1.29 is 9.32 Å². The summed E-state index contributed by atoms with van der Waals surface area (Å²) < 4.78 is 5.21. The number of carbonyl (C=O) groups is 1. The van der Waals surface area contributed by atoms with Crippen molar-refractivity contribution in [2.24, 2.45) is 0 Å². The van der Waals surface area contributed by atoms with Crippen molar-refractivity contribution in [3.63, 3.8) is 0 Å². The van der Waals surface area contributed by atoms with Gasteiger partial charge in [0.15, 0.2) is 5.82 Å². The maximum Gasteiger partial charge on any atom is 0.269 e. The molecule has 0 spiro atoms. The van der Waals surface area contributed by atoms with Crippen LogP contribution in [0.25, 0.3) is 0 Å². The molecule has 0 saturated heterocycles. The Morgan fingerprint density at radius 2 is 2.35 bits per heavy atom. The highest BCUT2D eigenvalue weighted by atomic mass is 79.9. The van der Waals surface area contributed by atoms with E-state index in [2.05, 4.69) is 40.9 Å². The zero-order valence-electron chi connectivity index (χ0n) is 8.76. The maximum atomic E-state index is 11.7. The lowest BCUT2D eigenvalue weighted by molar-refractivity contribution is 0.0949. The van der Waals surface area contributed by atoms with Crippen LogP contribution in [0.5, 0.6) is 0 Å². The second-order valence-electron chi connectivity index (χ2n) is 3.20. The topological polar surface area (TPSA) is 80.9 Å². The largest absolute Gasteiger partial charge is 0.350 e. The normalized spacial score (nSPS) is 10.2. The van der Waals surface area contributed by atoms with Crippen LogP contribution in [-0.4, -0.2) is 27.6 Å². The van der Waals surface area contributed by atoms with E-state index in [-0.39, 0.29) is 5.91 Å². The molecule has 2 rings (SSSR count). The van der Waals surface area contributed by atoms with Crippen LogP contribution in [0.2, 0.25) is 0 Å². The van der Waals surface area contributed by atoms with Gasteiger partial charge < -0.3 is 9.84 Å². The predicted molar refractivity (Wildman–Crippen MR) is 62.3 cm³/mol. The summed E-state index contributed by atoms with van der Waals surface area (Å²) in [6, 6.07) is 5.16. The molecule has 2 aromatic heterocycles. The molecular weight excluding hydrogens is 288 g/mol. The molecular formula is C10H9BrN4O2. The molecule has 0 aromatic carbocycles. The Balaban J connectivity index is 1.85. The lowest BCUT2D eigenvalue weighted by atomic mass is 10.3. The Kier molecular flexibility index (Phi) is 3.81. The number of nitrogens with one attached hydrogen (secondary N) is 1. The Morgan fingerprint density at radius 3 is 3.06 bits per heavy atom. The number of amides is 1. The van der Waals surface area contributed by atoms with E-state index in [9.17, 15) is 4.79 Å². The first-order chi connectivity index (χ1) is 8.25. The van der Waals surface area contributed by atoms with E-state index in [1.165, 1.54) is 6.39 Å². The minimum atomic E-state index is -0.227. The average molecular weight is 297 g/mol. The van der Waals surface area contributed by atoms with Gasteiger partial charge in [0.1, 0.15) is 10.3 Å². The van der Waals surface area contributed by atoms with E-state index in [1.54, 1.807) is 18.2 Å². The minimum Gasteiger partial charge on any atom is -0.350 e. The fraction of sp³-hybridized carbons (Fsp3) is 0.200. The van der Waals surface area contributed by atoms with Crippen LogP contribution in [-0.2, 0) is 6.42 Å². The van der Waals surface area contributed by atoms with Crippen LogP contribution in [0.4, 0.5) is 0 Å². The molecule has 1 N–H and O–H groups in total. The molecule has 88 valence electrons. The minimum absolute atomic E-state index is 0.227. The Labute approximate surface area is 106 Å². The highest BCUT2D eigenvalue weighted by Crippen LogP contribution is 2.05. The number of carbonyl (C=O) groups excluding carboxylic acids is 1. The van der Waals surface area contributed by atoms with Crippen molar-refractivity contribution in [1.29, 1.82) is 0 Å². The molecule has 0 fully saturated rings. The fourth-order valence-corrected chi connectivity index (χ4v) is 1.56. The number of aromatic nitrogens is 3. The summed E-state index contributed by atoms with van der Waals surface area (Å²) in [5.74, 6) is 0.335. The number of hydrogen-bond donors (Lipinski definition) is 1. The van der Waals surface area contributed by atoms with Crippen LogP contribution in [0, 0.1) is 0 Å². The van der Waals surface area contributed by atoms with E-state index in [4.69, 9.17) is 0 Å². The molecule has 0 aliphatic rings. The van der Waals surface area contributed by atoms with Crippen LogP contribution >= 0.6 is 15.9 Å². The number of pyridine rings is 1. The first-order valence-electron chi connectivity index (χ1n) is 4.92. The molecule has 2 aromatic rings. The SMILES string of the molecule is O=C(NCCc1ncon1)c1cccc(Br)n1. The average Bonchev–Trinajstić information content (AvgIpc) is 2.82. The molecule has 0 aliphatic heterocycles. The summed E-state index contributed by atoms with van der Waals surface area (Å²) in [4.78, 5) is 19.6. The lowest BCUT2D eigenvalue weighted by Crippen LogP contribution is -2.26. The number of hydrogen-bond acceptors (Lipinski definition) is 5. The third kappa shape index (κ3) is 3.35. The molecule has 6 nitrogen and oxygen atoms in total. The third-order valence-corrected chi connectivity index (χ3v) is 2.43. The van der Waals surface area contributed by atoms with Gasteiger partial charge in [-0.1, -0.05) is 11.2 Å². The van der Waals surface area contributed by atoms with Crippen LogP contribution in [0.3, 0.4) is 0 Å². The molecule has 0 unspecified atom stereocenters. The van der Waals surface area contributed by atoms with Crippen molar-refractivity contribution >= 4 is 21.8 Å². The van der Waals surface area contributed by atoms with Gasteiger partial charge in [-0.05, 0) is 28.1 Å². The van der Waals surface area contributed by atoms with Gasteiger partial charge in [0.2, 0.25) is 6.39 Å². The van der Waals surface area contributed by atoms with Crippen molar-refractivity contribution in [1.82, 2.24) is 20.4 Å². The highest BCUT2D eigenvalue weighted by Gasteiger charge is 2.07. The van der Waals surface area contributed by atoms with Crippen molar-refractivity contribution in [2.75, 3.05) is 6.54 Å². The fourth-order valence-electron chi connectivity index (χ4n) is 1.22. The number of rotatable bonds is 4. The van der Waals surface area contributed by atoms with E-state index in [0.717, 1.165) is 0 Å². The number of nitrogens with zero attached hydrogens (tertiary/aromatic N) is 3. The smallest absolute Gasteiger partial charge is 0.269 e. The number of halogens is 1. The van der Waals surface area contributed by atoms with Gasteiger partial charge in [-0.15, -0.1) is 0 Å². The standard InChI is InChI=1S/C10H9BrN4O2/c11-8-3-1-2-7(14-8)10(16)12-5-4-9-13-6-17-15-9/h1-3,6H,4-5H2,(H,12,16). The van der Waals surface area contributed by atoms with Crippen LogP contribution in [0.15, 0.2) is 33.7 Å².